The summed E-state index contributed by atoms with van der Waals surface area (Å²) >= 11 is 1.86. The highest BCUT2D eigenvalue weighted by molar-refractivity contribution is 7.10. The van der Waals surface area contributed by atoms with Crippen molar-refractivity contribution >= 4 is 11.3 Å². The van der Waals surface area contributed by atoms with Gasteiger partial charge in [0, 0.05) is 44.1 Å². The highest BCUT2D eigenvalue weighted by Crippen LogP contribution is 2.36. The van der Waals surface area contributed by atoms with Gasteiger partial charge in [-0.05, 0) is 37.3 Å². The predicted octanol–water partition coefficient (Wildman–Crippen LogP) is 2.83. The summed E-state index contributed by atoms with van der Waals surface area (Å²) in [7, 11) is 0. The van der Waals surface area contributed by atoms with E-state index in [2.05, 4.69) is 30.2 Å². The molecule has 0 aliphatic carbocycles. The first kappa shape index (κ1) is 13.6. The van der Waals surface area contributed by atoms with Crippen molar-refractivity contribution in [1.29, 1.82) is 0 Å². The van der Waals surface area contributed by atoms with Crippen molar-refractivity contribution in [3.63, 3.8) is 0 Å². The van der Waals surface area contributed by atoms with Crippen LogP contribution in [-0.4, -0.2) is 42.9 Å². The van der Waals surface area contributed by atoms with Gasteiger partial charge in [-0.1, -0.05) is 0 Å². The summed E-state index contributed by atoms with van der Waals surface area (Å²) in [6.07, 6.45) is 2.53. The molecule has 4 heteroatoms. The van der Waals surface area contributed by atoms with E-state index in [1.807, 2.05) is 11.3 Å². The Labute approximate surface area is 119 Å². The van der Waals surface area contributed by atoms with E-state index >= 15 is 0 Å². The maximum Gasteiger partial charge on any atom is 0.0959 e. The number of hydrogen-bond acceptors (Lipinski definition) is 4. The standard InChI is InChI=1S/C15H23NO2S/c1-3-17-13-4-6-18-15(8-13)10-16(11-15)9-14-12(2)5-7-19-14/h5,7,13H,3-4,6,8-11H2,1-2H3/t13-/m1/s1. The van der Waals surface area contributed by atoms with Gasteiger partial charge in [0.05, 0.1) is 11.7 Å². The number of nitrogens with zero attached hydrogens (tertiary/aromatic N) is 1. The predicted molar refractivity (Wildman–Crippen MR) is 77.7 cm³/mol. The summed E-state index contributed by atoms with van der Waals surface area (Å²) < 4.78 is 11.8. The van der Waals surface area contributed by atoms with Crippen molar-refractivity contribution in [1.82, 2.24) is 4.90 Å². The molecule has 0 aromatic carbocycles. The molecule has 0 unspecified atom stereocenters. The van der Waals surface area contributed by atoms with Gasteiger partial charge in [0.25, 0.3) is 0 Å². The van der Waals surface area contributed by atoms with Gasteiger partial charge < -0.3 is 9.47 Å². The normalized spacial score (nSPS) is 26.5. The molecule has 106 valence electrons. The van der Waals surface area contributed by atoms with Crippen molar-refractivity contribution in [3.05, 3.63) is 21.9 Å². The fourth-order valence-corrected chi connectivity index (χ4v) is 4.18. The van der Waals surface area contributed by atoms with Crippen LogP contribution in [0, 0.1) is 6.92 Å². The minimum atomic E-state index is 0.0866. The van der Waals surface area contributed by atoms with E-state index < -0.39 is 0 Å². The van der Waals surface area contributed by atoms with Crippen molar-refractivity contribution in [2.24, 2.45) is 0 Å². The lowest BCUT2D eigenvalue weighted by Gasteiger charge is -2.53. The second kappa shape index (κ2) is 5.52. The van der Waals surface area contributed by atoms with Crippen LogP contribution in [0.1, 0.15) is 30.2 Å². The van der Waals surface area contributed by atoms with Gasteiger partial charge in [0.15, 0.2) is 0 Å². The van der Waals surface area contributed by atoms with Crippen molar-refractivity contribution in [2.75, 3.05) is 26.3 Å². The second-order valence-electron chi connectivity index (χ2n) is 5.77. The molecule has 3 rings (SSSR count). The van der Waals surface area contributed by atoms with E-state index in [1.165, 1.54) is 10.4 Å². The molecule has 3 nitrogen and oxygen atoms in total. The third-order valence-corrected chi connectivity index (χ3v) is 5.22. The molecule has 2 fully saturated rings. The van der Waals surface area contributed by atoms with Gasteiger partial charge in [0.2, 0.25) is 0 Å². The zero-order valence-electron chi connectivity index (χ0n) is 11.9. The topological polar surface area (TPSA) is 21.7 Å². The first-order valence-electron chi connectivity index (χ1n) is 7.22. The first-order valence-corrected chi connectivity index (χ1v) is 8.10. The number of thiophene rings is 1. The average Bonchev–Trinajstić information content (AvgIpc) is 2.74. The maximum atomic E-state index is 6.04. The molecule has 0 N–H and O–H groups in total. The van der Waals surface area contributed by atoms with Gasteiger partial charge in [-0.15, -0.1) is 11.3 Å². The minimum Gasteiger partial charge on any atom is -0.378 e. The Balaban J connectivity index is 1.52. The van der Waals surface area contributed by atoms with Gasteiger partial charge >= 0.3 is 0 Å². The number of aryl methyl sites for hydroxylation is 1. The summed E-state index contributed by atoms with van der Waals surface area (Å²) in [5.74, 6) is 0. The minimum absolute atomic E-state index is 0.0866. The van der Waals surface area contributed by atoms with Crippen LogP contribution < -0.4 is 0 Å². The van der Waals surface area contributed by atoms with Gasteiger partial charge in [-0.25, -0.2) is 0 Å². The third-order valence-electron chi connectivity index (χ3n) is 4.21. The van der Waals surface area contributed by atoms with E-state index in [-0.39, 0.29) is 5.60 Å². The number of rotatable bonds is 4. The zero-order valence-corrected chi connectivity index (χ0v) is 12.7. The summed E-state index contributed by atoms with van der Waals surface area (Å²) in [5, 5.41) is 2.18. The van der Waals surface area contributed by atoms with Crippen LogP contribution in [0.25, 0.3) is 0 Å². The summed E-state index contributed by atoms with van der Waals surface area (Å²) in [4.78, 5) is 3.99. The van der Waals surface area contributed by atoms with Crippen LogP contribution in [-0.2, 0) is 16.0 Å². The Morgan fingerprint density at radius 3 is 3.05 bits per heavy atom. The molecule has 0 amide bonds. The molecule has 1 aromatic rings. The lowest BCUT2D eigenvalue weighted by molar-refractivity contribution is -0.198. The van der Waals surface area contributed by atoms with E-state index in [4.69, 9.17) is 9.47 Å². The highest BCUT2D eigenvalue weighted by atomic mass is 32.1. The van der Waals surface area contributed by atoms with Crippen LogP contribution in [0.3, 0.4) is 0 Å². The Kier molecular flexibility index (Phi) is 3.94. The molecule has 0 bridgehead atoms. The molecule has 2 aliphatic heterocycles. The molecular weight excluding hydrogens is 258 g/mol. The zero-order chi connectivity index (χ0) is 13.3. The largest absolute Gasteiger partial charge is 0.378 e. The SMILES string of the molecule is CCO[C@@H]1CCOC2(C1)CN(Cc1sccc1C)C2. The number of ether oxygens (including phenoxy) is 2. The van der Waals surface area contributed by atoms with Crippen LogP contribution in [0.15, 0.2) is 11.4 Å². The van der Waals surface area contributed by atoms with Gasteiger partial charge in [-0.2, -0.15) is 0 Å². The van der Waals surface area contributed by atoms with E-state index in [0.29, 0.717) is 6.10 Å². The van der Waals surface area contributed by atoms with E-state index in [0.717, 1.165) is 45.7 Å². The van der Waals surface area contributed by atoms with E-state index in [9.17, 15) is 0 Å². The fourth-order valence-electron chi connectivity index (χ4n) is 3.23. The molecule has 2 aliphatic rings. The molecule has 1 atom stereocenters. The molecule has 3 heterocycles. The first-order chi connectivity index (χ1) is 9.21. The van der Waals surface area contributed by atoms with Gasteiger partial charge in [-0.3, -0.25) is 4.90 Å². The molecule has 1 spiro atoms. The Morgan fingerprint density at radius 2 is 2.37 bits per heavy atom. The van der Waals surface area contributed by atoms with Crippen LogP contribution >= 0.6 is 11.3 Å². The molecule has 0 saturated carbocycles. The monoisotopic (exact) mass is 281 g/mol. The fraction of sp³-hybridized carbons (Fsp3) is 0.733. The third kappa shape index (κ3) is 2.87. The summed E-state index contributed by atoms with van der Waals surface area (Å²) in [6.45, 7) is 9.16. The molecule has 19 heavy (non-hydrogen) atoms. The van der Waals surface area contributed by atoms with Crippen molar-refractivity contribution in [2.45, 2.75) is 44.9 Å². The summed E-state index contributed by atoms with van der Waals surface area (Å²) in [5.41, 5.74) is 1.51. The van der Waals surface area contributed by atoms with Crippen LogP contribution in [0.2, 0.25) is 0 Å². The maximum absolute atomic E-state index is 6.04. The Hall–Kier alpha value is -0.420. The smallest absolute Gasteiger partial charge is 0.0959 e. The van der Waals surface area contributed by atoms with Gasteiger partial charge in [0.1, 0.15) is 0 Å². The van der Waals surface area contributed by atoms with Crippen molar-refractivity contribution in [3.8, 4) is 0 Å². The highest BCUT2D eigenvalue weighted by Gasteiger charge is 2.47. The quantitative estimate of drug-likeness (QED) is 0.847. The lowest BCUT2D eigenvalue weighted by atomic mass is 9.84. The molecule has 0 radical (unpaired) electrons. The van der Waals surface area contributed by atoms with Crippen LogP contribution in [0.4, 0.5) is 0 Å². The average molecular weight is 281 g/mol. The van der Waals surface area contributed by atoms with E-state index in [1.54, 1.807) is 0 Å². The summed E-state index contributed by atoms with van der Waals surface area (Å²) in [6, 6.07) is 2.21. The Bertz CT molecular complexity index is 424. The molecule has 1 aromatic heterocycles. The molecule has 2 saturated heterocycles. The lowest BCUT2D eigenvalue weighted by Crippen LogP contribution is -2.65. The number of likely N-dealkylation sites (tertiary alicyclic amines) is 1. The molecular formula is C15H23NO2S. The number of hydrogen-bond donors (Lipinski definition) is 0. The second-order valence-corrected chi connectivity index (χ2v) is 6.77. The van der Waals surface area contributed by atoms with Crippen LogP contribution in [0.5, 0.6) is 0 Å². The Morgan fingerprint density at radius 1 is 1.53 bits per heavy atom. The van der Waals surface area contributed by atoms with Crippen molar-refractivity contribution < 1.29 is 9.47 Å².